The summed E-state index contributed by atoms with van der Waals surface area (Å²) in [5.74, 6) is 2.36. The number of rotatable bonds is 14. The Kier molecular flexibility index (Phi) is 11.3. The van der Waals surface area contributed by atoms with Gasteiger partial charge in [0.2, 0.25) is 0 Å². The first-order chi connectivity index (χ1) is 22.3. The van der Waals surface area contributed by atoms with Gasteiger partial charge in [-0.15, -0.1) is 0 Å². The molecule has 0 spiro atoms. The molecule has 0 aliphatic rings. The minimum absolute atomic E-state index is 0.0853. The molecule has 0 saturated heterocycles. The molecule has 0 unspecified atom stereocenters. The maximum atomic E-state index is 13.3. The van der Waals surface area contributed by atoms with E-state index in [1.165, 1.54) is 6.07 Å². The van der Waals surface area contributed by atoms with Gasteiger partial charge in [-0.3, -0.25) is 14.3 Å². The van der Waals surface area contributed by atoms with Crippen LogP contribution in [0.4, 0.5) is 0 Å². The van der Waals surface area contributed by atoms with Gasteiger partial charge in [-0.1, -0.05) is 100.0 Å². The quantitative estimate of drug-likeness (QED) is 0.0893. The zero-order chi connectivity index (χ0) is 34.3. The fourth-order valence-corrected chi connectivity index (χ4v) is 6.43. The minimum atomic E-state index is -4.31. The van der Waals surface area contributed by atoms with Crippen LogP contribution in [-0.4, -0.2) is 62.8 Å². The first-order valence-electron chi connectivity index (χ1n) is 15.2. The lowest BCUT2D eigenvalue weighted by Gasteiger charge is -2.21. The van der Waals surface area contributed by atoms with E-state index in [1.54, 1.807) is 79.2 Å². The standard InChI is InChI=1S/C34H39N5O7S/c1-4-10-26-20-29(32(41)36-28(31(40)34(43)44)19-23-11-6-5-7-12-23)37-38(26)21-24-15-17-25(18-16-24)27-13-8-9-14-30(27)47(45,46)39(35)33(42)22(2)3/h5-9,11-18,20,22,28,31,40H,4,10,19,21,35H2,1-3H3,(H,36,41)(H,43,44)/t28-,31-/m1/s1. The molecule has 5 N–H and O–H groups in total. The van der Waals surface area contributed by atoms with Gasteiger partial charge in [-0.25, -0.2) is 10.6 Å². The predicted molar refractivity (Wildman–Crippen MR) is 175 cm³/mol. The number of aliphatic hydroxyl groups is 1. The minimum Gasteiger partial charge on any atom is -0.479 e. The van der Waals surface area contributed by atoms with E-state index >= 15 is 0 Å². The van der Waals surface area contributed by atoms with Gasteiger partial charge in [0.25, 0.3) is 21.8 Å². The van der Waals surface area contributed by atoms with Crippen molar-refractivity contribution in [1.82, 2.24) is 19.5 Å². The number of carbonyl (C=O) groups is 3. The number of hydrogen-bond acceptors (Lipinski definition) is 8. The number of carbonyl (C=O) groups excluding carboxylic acids is 2. The number of benzene rings is 3. The van der Waals surface area contributed by atoms with Crippen molar-refractivity contribution in [2.24, 2.45) is 11.8 Å². The summed E-state index contributed by atoms with van der Waals surface area (Å²) >= 11 is 0. The molecule has 47 heavy (non-hydrogen) atoms. The highest BCUT2D eigenvalue weighted by Crippen LogP contribution is 2.29. The maximum Gasteiger partial charge on any atom is 0.334 e. The number of nitrogens with two attached hydrogens (primary N) is 1. The first-order valence-corrected chi connectivity index (χ1v) is 16.6. The first kappa shape index (κ1) is 35.0. The van der Waals surface area contributed by atoms with Crippen molar-refractivity contribution in [2.75, 3.05) is 0 Å². The molecule has 2 amide bonds. The summed E-state index contributed by atoms with van der Waals surface area (Å²) in [4.78, 5) is 37.1. The molecule has 4 aromatic rings. The van der Waals surface area contributed by atoms with E-state index in [1.807, 2.05) is 25.1 Å². The van der Waals surface area contributed by atoms with Crippen LogP contribution in [0.2, 0.25) is 0 Å². The van der Waals surface area contributed by atoms with Crippen molar-refractivity contribution in [3.05, 3.63) is 107 Å². The number of aryl methyl sites for hydroxylation is 1. The summed E-state index contributed by atoms with van der Waals surface area (Å²) in [5.41, 5.74) is 3.42. The highest BCUT2D eigenvalue weighted by Gasteiger charge is 2.31. The van der Waals surface area contributed by atoms with E-state index < -0.39 is 45.9 Å². The van der Waals surface area contributed by atoms with Crippen molar-refractivity contribution in [3.8, 4) is 11.1 Å². The lowest BCUT2D eigenvalue weighted by Crippen LogP contribution is -2.48. The van der Waals surface area contributed by atoms with Gasteiger partial charge in [-0.05, 0) is 41.7 Å². The van der Waals surface area contributed by atoms with Crippen molar-refractivity contribution < 1.29 is 33.0 Å². The van der Waals surface area contributed by atoms with Crippen LogP contribution in [0, 0.1) is 5.92 Å². The Balaban J connectivity index is 1.56. The SMILES string of the molecule is CCCc1cc(C(=O)N[C@H](Cc2ccccc2)[C@@H](O)C(=O)O)nn1Cc1ccc(-c2ccccc2S(=O)(=O)N(N)C(=O)C(C)C)cc1. The number of hydrogen-bond donors (Lipinski definition) is 4. The number of aliphatic hydroxyl groups excluding tert-OH is 1. The molecule has 12 nitrogen and oxygen atoms in total. The maximum absolute atomic E-state index is 13.3. The van der Waals surface area contributed by atoms with E-state index in [0.717, 1.165) is 23.2 Å². The van der Waals surface area contributed by atoms with E-state index in [2.05, 4.69) is 10.4 Å². The van der Waals surface area contributed by atoms with Gasteiger partial charge in [0.1, 0.15) is 5.69 Å². The average Bonchev–Trinajstić information content (AvgIpc) is 3.46. The third-order valence-electron chi connectivity index (χ3n) is 7.58. The summed E-state index contributed by atoms with van der Waals surface area (Å²) in [5, 5.41) is 26.9. The highest BCUT2D eigenvalue weighted by molar-refractivity contribution is 7.89. The normalized spacial score (nSPS) is 12.8. The third kappa shape index (κ3) is 8.30. The summed E-state index contributed by atoms with van der Waals surface area (Å²) < 4.78 is 28.5. The lowest BCUT2D eigenvalue weighted by atomic mass is 10.0. The van der Waals surface area contributed by atoms with Crippen molar-refractivity contribution in [3.63, 3.8) is 0 Å². The average molecular weight is 662 g/mol. The number of aromatic nitrogens is 2. The zero-order valence-electron chi connectivity index (χ0n) is 26.4. The number of sulfonamides is 1. The second-order valence-corrected chi connectivity index (χ2v) is 13.3. The highest BCUT2D eigenvalue weighted by atomic mass is 32.2. The summed E-state index contributed by atoms with van der Waals surface area (Å²) in [6.07, 6.45) is -0.308. The van der Waals surface area contributed by atoms with E-state index in [0.29, 0.717) is 24.1 Å². The van der Waals surface area contributed by atoms with Crippen molar-refractivity contribution >= 4 is 27.8 Å². The molecule has 248 valence electrons. The van der Waals surface area contributed by atoms with Crippen LogP contribution in [0.3, 0.4) is 0 Å². The monoisotopic (exact) mass is 661 g/mol. The molecule has 0 bridgehead atoms. The van der Waals surface area contributed by atoms with Crippen LogP contribution in [0.25, 0.3) is 11.1 Å². The number of nitrogens with zero attached hydrogens (tertiary/aromatic N) is 3. The van der Waals surface area contributed by atoms with Crippen LogP contribution >= 0.6 is 0 Å². The Labute approximate surface area is 273 Å². The fraction of sp³-hybridized carbons (Fsp3) is 0.294. The summed E-state index contributed by atoms with van der Waals surface area (Å²) in [6.45, 7) is 5.42. The molecule has 0 aliphatic heterocycles. The molecule has 2 atom stereocenters. The van der Waals surface area contributed by atoms with Crippen molar-refractivity contribution in [2.45, 2.75) is 63.6 Å². The molecule has 0 saturated carbocycles. The van der Waals surface area contributed by atoms with E-state index in [9.17, 15) is 33.0 Å². The predicted octanol–water partition coefficient (Wildman–Crippen LogP) is 3.38. The Hall–Kier alpha value is -4.85. The molecule has 1 aromatic heterocycles. The van der Waals surface area contributed by atoms with Gasteiger partial charge in [0.15, 0.2) is 6.10 Å². The van der Waals surface area contributed by atoms with E-state index in [-0.39, 0.29) is 21.4 Å². The molecule has 0 fully saturated rings. The molecular weight excluding hydrogens is 622 g/mol. The lowest BCUT2D eigenvalue weighted by molar-refractivity contribution is -0.148. The number of aliphatic carboxylic acids is 1. The molecule has 4 rings (SSSR count). The number of nitrogens with one attached hydrogen (secondary N) is 1. The van der Waals surface area contributed by atoms with Gasteiger partial charge in [0, 0.05) is 17.2 Å². The fourth-order valence-electron chi connectivity index (χ4n) is 5.06. The summed E-state index contributed by atoms with van der Waals surface area (Å²) in [6, 6.07) is 23.0. The van der Waals surface area contributed by atoms with Crippen LogP contribution in [0.1, 0.15) is 54.5 Å². The number of hydrazine groups is 1. The van der Waals surface area contributed by atoms with Gasteiger partial charge in [-0.2, -0.15) is 17.9 Å². The summed E-state index contributed by atoms with van der Waals surface area (Å²) in [7, 11) is -4.31. The number of amides is 2. The number of carboxylic acid groups (broad SMARTS) is 1. The zero-order valence-corrected chi connectivity index (χ0v) is 27.2. The Morgan fingerprint density at radius 2 is 1.60 bits per heavy atom. The van der Waals surface area contributed by atoms with Gasteiger partial charge >= 0.3 is 5.97 Å². The van der Waals surface area contributed by atoms with Crippen molar-refractivity contribution in [1.29, 1.82) is 0 Å². The molecule has 1 heterocycles. The molecular formula is C34H39N5O7S. The van der Waals surface area contributed by atoms with E-state index in [4.69, 9.17) is 5.84 Å². The second kappa shape index (κ2) is 15.2. The van der Waals surface area contributed by atoms with Gasteiger partial charge in [0.05, 0.1) is 17.5 Å². The molecule has 3 aromatic carbocycles. The molecule has 13 heteroatoms. The second-order valence-electron chi connectivity index (χ2n) is 11.5. The largest absolute Gasteiger partial charge is 0.479 e. The Bertz CT molecular complexity index is 1820. The molecule has 0 aliphatic carbocycles. The Morgan fingerprint density at radius 1 is 0.957 bits per heavy atom. The number of carboxylic acids is 1. The smallest absolute Gasteiger partial charge is 0.334 e. The van der Waals surface area contributed by atoms with Crippen LogP contribution in [-0.2, 0) is 39.0 Å². The van der Waals surface area contributed by atoms with Crippen LogP contribution < -0.4 is 11.2 Å². The van der Waals surface area contributed by atoms with Crippen LogP contribution in [0.15, 0.2) is 89.8 Å². The topological polar surface area (TPSA) is 185 Å². The Morgan fingerprint density at radius 3 is 2.21 bits per heavy atom. The third-order valence-corrected chi connectivity index (χ3v) is 9.19. The molecule has 0 radical (unpaired) electrons. The van der Waals surface area contributed by atoms with Crippen LogP contribution in [0.5, 0.6) is 0 Å². The van der Waals surface area contributed by atoms with Gasteiger partial charge < -0.3 is 15.5 Å².